The summed E-state index contributed by atoms with van der Waals surface area (Å²) in [6, 6.07) is 6.31. The van der Waals surface area contributed by atoms with Crippen molar-refractivity contribution in [2.75, 3.05) is 14.1 Å². The molecule has 0 saturated carbocycles. The topological polar surface area (TPSA) is 69.6 Å². The van der Waals surface area contributed by atoms with Crippen molar-refractivity contribution in [1.82, 2.24) is 10.2 Å². The van der Waals surface area contributed by atoms with E-state index < -0.39 is 12.0 Å². The van der Waals surface area contributed by atoms with Crippen molar-refractivity contribution in [1.29, 1.82) is 0 Å². The molecule has 0 radical (unpaired) electrons. The van der Waals surface area contributed by atoms with E-state index in [-0.39, 0.29) is 11.8 Å². The fourth-order valence-corrected chi connectivity index (χ4v) is 1.86. The van der Waals surface area contributed by atoms with Gasteiger partial charge in [-0.25, -0.2) is 4.79 Å². The molecule has 0 aliphatic heterocycles. The van der Waals surface area contributed by atoms with Crippen LogP contribution in [0.1, 0.15) is 29.8 Å². The van der Waals surface area contributed by atoms with Gasteiger partial charge in [-0.1, -0.05) is 26.0 Å². The molecule has 0 aliphatic rings. The van der Waals surface area contributed by atoms with Gasteiger partial charge in [0.2, 0.25) is 0 Å². The number of carboxylic acid groups (broad SMARTS) is 1. The normalized spacial score (nSPS) is 12.5. The van der Waals surface area contributed by atoms with Gasteiger partial charge in [0.05, 0.1) is 0 Å². The fourth-order valence-electron chi connectivity index (χ4n) is 1.86. The molecule has 0 aliphatic carbocycles. The minimum atomic E-state index is -1.02. The van der Waals surface area contributed by atoms with Gasteiger partial charge in [0.25, 0.3) is 5.91 Å². The van der Waals surface area contributed by atoms with Crippen LogP contribution < -0.4 is 5.32 Å². The van der Waals surface area contributed by atoms with E-state index in [2.05, 4.69) is 5.32 Å². The molecule has 1 aromatic carbocycles. The monoisotopic (exact) mass is 278 g/mol. The van der Waals surface area contributed by atoms with E-state index in [1.807, 2.05) is 31.1 Å². The van der Waals surface area contributed by atoms with Crippen molar-refractivity contribution >= 4 is 11.9 Å². The number of nitrogens with zero attached hydrogens (tertiary/aromatic N) is 1. The Balaban J connectivity index is 2.74. The second kappa shape index (κ2) is 7.05. The van der Waals surface area contributed by atoms with E-state index in [0.29, 0.717) is 5.56 Å². The number of carbonyl (C=O) groups excluding carboxylic acids is 1. The standard InChI is InChI=1S/C15H22N2O3/c1-10(2)13(15(19)20)16-14(18)12-7-5-11(6-8-12)9-17(3)4/h5-8,10,13H,9H2,1-4H3,(H,16,18)(H,19,20)/t13-/m0/s1. The van der Waals surface area contributed by atoms with Crippen molar-refractivity contribution in [3.05, 3.63) is 35.4 Å². The zero-order valence-electron chi connectivity index (χ0n) is 12.4. The largest absolute Gasteiger partial charge is 0.480 e. The fraction of sp³-hybridized carbons (Fsp3) is 0.467. The predicted octanol–water partition coefficient (Wildman–Crippen LogP) is 1.59. The van der Waals surface area contributed by atoms with Crippen molar-refractivity contribution in [3.8, 4) is 0 Å². The summed E-state index contributed by atoms with van der Waals surface area (Å²) in [4.78, 5) is 25.1. The molecule has 1 amide bonds. The molecule has 0 heterocycles. The number of aliphatic carboxylic acids is 1. The molecule has 1 atom stereocenters. The highest BCUT2D eigenvalue weighted by Gasteiger charge is 2.23. The molecule has 1 rings (SSSR count). The van der Waals surface area contributed by atoms with Crippen LogP contribution in [0.4, 0.5) is 0 Å². The Labute approximate surface area is 119 Å². The van der Waals surface area contributed by atoms with E-state index in [9.17, 15) is 9.59 Å². The summed E-state index contributed by atoms with van der Waals surface area (Å²) in [6.45, 7) is 4.32. The van der Waals surface area contributed by atoms with Gasteiger partial charge in [-0.05, 0) is 37.7 Å². The van der Waals surface area contributed by atoms with Crippen molar-refractivity contribution < 1.29 is 14.7 Å². The number of amides is 1. The number of rotatable bonds is 6. The molecule has 0 fully saturated rings. The van der Waals surface area contributed by atoms with Gasteiger partial charge in [-0.15, -0.1) is 0 Å². The molecule has 5 heteroatoms. The molecule has 110 valence electrons. The Kier molecular flexibility index (Phi) is 5.70. The van der Waals surface area contributed by atoms with Gasteiger partial charge >= 0.3 is 5.97 Å². The minimum Gasteiger partial charge on any atom is -0.480 e. The van der Waals surface area contributed by atoms with Crippen molar-refractivity contribution in [2.24, 2.45) is 5.92 Å². The lowest BCUT2D eigenvalue weighted by molar-refractivity contribution is -0.140. The molecule has 0 spiro atoms. The zero-order valence-corrected chi connectivity index (χ0v) is 12.4. The Morgan fingerprint density at radius 1 is 1.20 bits per heavy atom. The summed E-state index contributed by atoms with van der Waals surface area (Å²) < 4.78 is 0. The first kappa shape index (κ1) is 16.2. The van der Waals surface area contributed by atoms with Crippen LogP contribution in [0, 0.1) is 5.92 Å². The van der Waals surface area contributed by atoms with Crippen molar-refractivity contribution in [2.45, 2.75) is 26.4 Å². The van der Waals surface area contributed by atoms with Crippen LogP contribution in [0.3, 0.4) is 0 Å². The highest BCUT2D eigenvalue weighted by atomic mass is 16.4. The van der Waals surface area contributed by atoms with E-state index in [1.165, 1.54) is 0 Å². The van der Waals surface area contributed by atoms with Crippen LogP contribution in [0.5, 0.6) is 0 Å². The van der Waals surface area contributed by atoms with E-state index >= 15 is 0 Å². The maximum Gasteiger partial charge on any atom is 0.326 e. The summed E-state index contributed by atoms with van der Waals surface area (Å²) in [5.74, 6) is -1.54. The van der Waals surface area contributed by atoms with Gasteiger partial charge in [0.15, 0.2) is 0 Å². The number of hydrogen-bond acceptors (Lipinski definition) is 3. The van der Waals surface area contributed by atoms with Gasteiger partial charge in [0, 0.05) is 12.1 Å². The molecule has 0 unspecified atom stereocenters. The van der Waals surface area contributed by atoms with Crippen LogP contribution in [-0.2, 0) is 11.3 Å². The average Bonchev–Trinajstić information content (AvgIpc) is 2.35. The third kappa shape index (κ3) is 4.66. The van der Waals surface area contributed by atoms with Crippen molar-refractivity contribution in [3.63, 3.8) is 0 Å². The molecule has 1 aromatic rings. The van der Waals surface area contributed by atoms with Gasteiger partial charge < -0.3 is 15.3 Å². The van der Waals surface area contributed by atoms with Crippen LogP contribution in [0.15, 0.2) is 24.3 Å². The van der Waals surface area contributed by atoms with Gasteiger partial charge in [-0.2, -0.15) is 0 Å². The quantitative estimate of drug-likeness (QED) is 0.829. The number of hydrogen-bond donors (Lipinski definition) is 2. The smallest absolute Gasteiger partial charge is 0.326 e. The van der Waals surface area contributed by atoms with Crippen LogP contribution in [0.25, 0.3) is 0 Å². The molecule has 5 nitrogen and oxygen atoms in total. The molecular formula is C15H22N2O3. The molecule has 0 saturated heterocycles. The van der Waals surface area contributed by atoms with Crippen LogP contribution in [0.2, 0.25) is 0 Å². The molecular weight excluding hydrogens is 256 g/mol. The molecule has 20 heavy (non-hydrogen) atoms. The number of carbonyl (C=O) groups is 2. The zero-order chi connectivity index (χ0) is 15.3. The SMILES string of the molecule is CC(C)[C@H](NC(=O)c1ccc(CN(C)C)cc1)C(=O)O. The molecule has 0 bridgehead atoms. The number of carboxylic acids is 1. The van der Waals surface area contributed by atoms with Gasteiger partial charge in [-0.3, -0.25) is 4.79 Å². The summed E-state index contributed by atoms with van der Waals surface area (Å²) in [5, 5.41) is 11.6. The summed E-state index contributed by atoms with van der Waals surface area (Å²) in [5.41, 5.74) is 1.57. The Hall–Kier alpha value is -1.88. The lowest BCUT2D eigenvalue weighted by atomic mass is 10.0. The summed E-state index contributed by atoms with van der Waals surface area (Å²) in [6.07, 6.45) is 0. The first-order valence-corrected chi connectivity index (χ1v) is 6.58. The van der Waals surface area contributed by atoms with E-state index in [4.69, 9.17) is 5.11 Å². The van der Waals surface area contributed by atoms with E-state index in [0.717, 1.165) is 12.1 Å². The highest BCUT2D eigenvalue weighted by Crippen LogP contribution is 2.08. The highest BCUT2D eigenvalue weighted by molar-refractivity contribution is 5.96. The lowest BCUT2D eigenvalue weighted by Gasteiger charge is -2.18. The summed E-state index contributed by atoms with van der Waals surface area (Å²) >= 11 is 0. The molecule has 0 aromatic heterocycles. The second-order valence-corrected chi connectivity index (χ2v) is 5.47. The average molecular weight is 278 g/mol. The third-order valence-electron chi connectivity index (χ3n) is 2.93. The second-order valence-electron chi connectivity index (χ2n) is 5.47. The Morgan fingerprint density at radius 3 is 2.15 bits per heavy atom. The Morgan fingerprint density at radius 2 is 1.75 bits per heavy atom. The maximum atomic E-state index is 12.0. The number of benzene rings is 1. The minimum absolute atomic E-state index is 0.163. The third-order valence-corrected chi connectivity index (χ3v) is 2.93. The van der Waals surface area contributed by atoms with Gasteiger partial charge in [0.1, 0.15) is 6.04 Å². The first-order valence-electron chi connectivity index (χ1n) is 6.58. The van der Waals surface area contributed by atoms with E-state index in [1.54, 1.807) is 26.0 Å². The Bertz CT molecular complexity index is 467. The first-order chi connectivity index (χ1) is 9.31. The predicted molar refractivity (Wildman–Crippen MR) is 77.6 cm³/mol. The van der Waals surface area contributed by atoms with Crippen LogP contribution >= 0.6 is 0 Å². The number of nitrogens with one attached hydrogen (secondary N) is 1. The maximum absolute atomic E-state index is 12.0. The lowest BCUT2D eigenvalue weighted by Crippen LogP contribution is -2.44. The van der Waals surface area contributed by atoms with Crippen LogP contribution in [-0.4, -0.2) is 42.0 Å². The summed E-state index contributed by atoms with van der Waals surface area (Å²) in [7, 11) is 3.95. The molecule has 2 N–H and O–H groups in total.